The number of anilines is 1. The Morgan fingerprint density at radius 1 is 1.21 bits per heavy atom. The second-order valence-electron chi connectivity index (χ2n) is 5.20. The summed E-state index contributed by atoms with van der Waals surface area (Å²) in [5, 5.41) is 2.72. The van der Waals surface area contributed by atoms with Crippen LogP contribution in [0.2, 0.25) is 0 Å². The number of primary amides is 1. The van der Waals surface area contributed by atoms with Crippen LogP contribution in [0.5, 0.6) is 0 Å². The van der Waals surface area contributed by atoms with Crippen LogP contribution in [-0.2, 0) is 4.79 Å². The number of benzene rings is 1. The lowest BCUT2D eigenvalue weighted by atomic mass is 9.94. The minimum absolute atomic E-state index is 0.168. The van der Waals surface area contributed by atoms with Crippen molar-refractivity contribution in [2.45, 2.75) is 37.6 Å². The van der Waals surface area contributed by atoms with Crippen LogP contribution < -0.4 is 16.8 Å². The Morgan fingerprint density at radius 3 is 2.47 bits per heavy atom. The molecular weight excluding hydrogens is 242 g/mol. The monoisotopic (exact) mass is 261 g/mol. The maximum absolute atomic E-state index is 12.0. The third-order valence-electron chi connectivity index (χ3n) is 3.58. The molecule has 0 aliphatic heterocycles. The molecule has 5 heteroatoms. The largest absolute Gasteiger partial charge is 0.366 e. The van der Waals surface area contributed by atoms with Gasteiger partial charge in [0.15, 0.2) is 0 Å². The number of hydrogen-bond acceptors (Lipinski definition) is 3. The van der Waals surface area contributed by atoms with Gasteiger partial charge in [-0.15, -0.1) is 0 Å². The first-order valence-electron chi connectivity index (χ1n) is 6.48. The molecule has 1 saturated carbocycles. The number of nitrogens with one attached hydrogen (secondary N) is 1. The molecule has 0 bridgehead atoms. The van der Waals surface area contributed by atoms with Crippen molar-refractivity contribution < 1.29 is 9.59 Å². The molecule has 0 unspecified atom stereocenters. The lowest BCUT2D eigenvalue weighted by Crippen LogP contribution is -2.40. The summed E-state index contributed by atoms with van der Waals surface area (Å²) in [5.41, 5.74) is 11.8. The normalized spacial score (nSPS) is 17.1. The fourth-order valence-electron chi connectivity index (χ4n) is 2.58. The van der Waals surface area contributed by atoms with Crippen LogP contribution in [0.3, 0.4) is 0 Å². The predicted molar refractivity (Wildman–Crippen MR) is 73.6 cm³/mol. The minimum Gasteiger partial charge on any atom is -0.366 e. The fourth-order valence-corrected chi connectivity index (χ4v) is 2.58. The molecule has 0 saturated heterocycles. The number of carbonyl (C=O) groups excluding carboxylic acids is 2. The van der Waals surface area contributed by atoms with Gasteiger partial charge >= 0.3 is 0 Å². The SMILES string of the molecule is NC(=O)c1ccccc1NC(=O)CC1(N)CCCC1. The van der Waals surface area contributed by atoms with Gasteiger partial charge in [0, 0.05) is 12.0 Å². The van der Waals surface area contributed by atoms with E-state index in [0.29, 0.717) is 11.3 Å². The summed E-state index contributed by atoms with van der Waals surface area (Å²) in [6, 6.07) is 6.70. The third-order valence-corrected chi connectivity index (χ3v) is 3.58. The summed E-state index contributed by atoms with van der Waals surface area (Å²) >= 11 is 0. The molecule has 2 rings (SSSR count). The second kappa shape index (κ2) is 5.40. The number of amides is 2. The summed E-state index contributed by atoms with van der Waals surface area (Å²) < 4.78 is 0. The summed E-state index contributed by atoms with van der Waals surface area (Å²) in [5.74, 6) is -0.725. The van der Waals surface area contributed by atoms with E-state index in [1.165, 1.54) is 0 Å². The van der Waals surface area contributed by atoms with Gasteiger partial charge in [-0.3, -0.25) is 9.59 Å². The molecule has 1 aromatic carbocycles. The van der Waals surface area contributed by atoms with E-state index in [-0.39, 0.29) is 12.3 Å². The van der Waals surface area contributed by atoms with Crippen molar-refractivity contribution in [3.63, 3.8) is 0 Å². The van der Waals surface area contributed by atoms with E-state index in [4.69, 9.17) is 11.5 Å². The van der Waals surface area contributed by atoms with E-state index in [9.17, 15) is 9.59 Å². The standard InChI is InChI=1S/C14H19N3O2/c15-13(19)10-5-1-2-6-11(10)17-12(18)9-14(16)7-3-4-8-14/h1-2,5-6H,3-4,7-9,16H2,(H2,15,19)(H,17,18). The average molecular weight is 261 g/mol. The highest BCUT2D eigenvalue weighted by molar-refractivity contribution is 6.03. The van der Waals surface area contributed by atoms with Crippen LogP contribution in [0, 0.1) is 0 Å². The molecule has 102 valence electrons. The topological polar surface area (TPSA) is 98.2 Å². The Morgan fingerprint density at radius 2 is 1.84 bits per heavy atom. The first-order chi connectivity index (χ1) is 9.00. The number of nitrogens with two attached hydrogens (primary N) is 2. The van der Waals surface area contributed by atoms with Gasteiger partial charge in [-0.1, -0.05) is 25.0 Å². The summed E-state index contributed by atoms with van der Waals surface area (Å²) in [7, 11) is 0. The van der Waals surface area contributed by atoms with Crippen molar-refractivity contribution in [3.05, 3.63) is 29.8 Å². The van der Waals surface area contributed by atoms with E-state index < -0.39 is 11.4 Å². The highest BCUT2D eigenvalue weighted by Gasteiger charge is 2.31. The molecule has 1 aliphatic rings. The number of para-hydroxylation sites is 1. The van der Waals surface area contributed by atoms with Gasteiger partial charge in [-0.05, 0) is 25.0 Å². The molecule has 0 radical (unpaired) electrons. The Balaban J connectivity index is 2.05. The van der Waals surface area contributed by atoms with Crippen molar-refractivity contribution in [2.24, 2.45) is 11.5 Å². The zero-order valence-electron chi connectivity index (χ0n) is 10.8. The lowest BCUT2D eigenvalue weighted by Gasteiger charge is -2.22. The molecule has 5 N–H and O–H groups in total. The molecule has 5 nitrogen and oxygen atoms in total. The molecule has 0 heterocycles. The van der Waals surface area contributed by atoms with Gasteiger partial charge in [-0.25, -0.2) is 0 Å². The van der Waals surface area contributed by atoms with Gasteiger partial charge in [0.2, 0.25) is 5.91 Å². The predicted octanol–water partition coefficient (Wildman–Crippen LogP) is 1.39. The van der Waals surface area contributed by atoms with Gasteiger partial charge in [0.1, 0.15) is 0 Å². The summed E-state index contributed by atoms with van der Waals surface area (Å²) in [4.78, 5) is 23.3. The molecule has 2 amide bonds. The van der Waals surface area contributed by atoms with Crippen LogP contribution in [0.25, 0.3) is 0 Å². The summed E-state index contributed by atoms with van der Waals surface area (Å²) in [6.07, 6.45) is 4.17. The average Bonchev–Trinajstić information content (AvgIpc) is 2.75. The van der Waals surface area contributed by atoms with Crippen molar-refractivity contribution in [3.8, 4) is 0 Å². The van der Waals surface area contributed by atoms with Gasteiger partial charge in [0.05, 0.1) is 11.3 Å². The van der Waals surface area contributed by atoms with Crippen molar-refractivity contribution in [2.75, 3.05) is 5.32 Å². The fraction of sp³-hybridized carbons (Fsp3) is 0.429. The number of carbonyl (C=O) groups is 2. The number of hydrogen-bond donors (Lipinski definition) is 3. The van der Waals surface area contributed by atoms with Crippen molar-refractivity contribution in [1.82, 2.24) is 0 Å². The van der Waals surface area contributed by atoms with Crippen molar-refractivity contribution >= 4 is 17.5 Å². The third kappa shape index (κ3) is 3.32. The van der Waals surface area contributed by atoms with Crippen LogP contribution in [0.15, 0.2) is 24.3 Å². The molecule has 0 atom stereocenters. The van der Waals surface area contributed by atoms with E-state index >= 15 is 0 Å². The molecule has 19 heavy (non-hydrogen) atoms. The number of rotatable bonds is 4. The Kier molecular flexibility index (Phi) is 3.85. The Labute approximate surface area is 112 Å². The second-order valence-corrected chi connectivity index (χ2v) is 5.20. The summed E-state index contributed by atoms with van der Waals surface area (Å²) in [6.45, 7) is 0. The molecule has 1 aromatic rings. The zero-order valence-corrected chi connectivity index (χ0v) is 10.8. The van der Waals surface area contributed by atoms with E-state index in [0.717, 1.165) is 25.7 Å². The van der Waals surface area contributed by atoms with E-state index in [2.05, 4.69) is 5.32 Å². The van der Waals surface area contributed by atoms with Gasteiger partial charge < -0.3 is 16.8 Å². The molecule has 0 aromatic heterocycles. The highest BCUT2D eigenvalue weighted by Crippen LogP contribution is 2.30. The van der Waals surface area contributed by atoms with Crippen LogP contribution >= 0.6 is 0 Å². The lowest BCUT2D eigenvalue weighted by molar-refractivity contribution is -0.117. The maximum atomic E-state index is 12.0. The maximum Gasteiger partial charge on any atom is 0.250 e. The Bertz CT molecular complexity index is 493. The zero-order chi connectivity index (χ0) is 13.9. The van der Waals surface area contributed by atoms with E-state index in [1.54, 1.807) is 24.3 Å². The molecule has 1 fully saturated rings. The Hall–Kier alpha value is -1.88. The quantitative estimate of drug-likeness (QED) is 0.763. The van der Waals surface area contributed by atoms with Crippen LogP contribution in [-0.4, -0.2) is 17.4 Å². The molecular formula is C14H19N3O2. The first kappa shape index (κ1) is 13.5. The molecule has 0 spiro atoms. The van der Waals surface area contributed by atoms with Crippen LogP contribution in [0.4, 0.5) is 5.69 Å². The van der Waals surface area contributed by atoms with E-state index in [1.807, 2.05) is 0 Å². The van der Waals surface area contributed by atoms with Crippen molar-refractivity contribution in [1.29, 1.82) is 0 Å². The van der Waals surface area contributed by atoms with Gasteiger partial charge in [0.25, 0.3) is 5.91 Å². The smallest absolute Gasteiger partial charge is 0.250 e. The van der Waals surface area contributed by atoms with Gasteiger partial charge in [-0.2, -0.15) is 0 Å². The van der Waals surface area contributed by atoms with Crippen LogP contribution in [0.1, 0.15) is 42.5 Å². The highest BCUT2D eigenvalue weighted by atomic mass is 16.2. The minimum atomic E-state index is -0.556. The molecule has 1 aliphatic carbocycles. The first-order valence-corrected chi connectivity index (χ1v) is 6.48.